The van der Waals surface area contributed by atoms with Crippen molar-refractivity contribution in [3.8, 4) is 5.88 Å². The molecule has 0 aromatic carbocycles. The highest BCUT2D eigenvalue weighted by Crippen LogP contribution is 2.12. The molecule has 1 unspecified atom stereocenters. The van der Waals surface area contributed by atoms with Crippen LogP contribution in [0.2, 0.25) is 0 Å². The first kappa shape index (κ1) is 11.7. The molecule has 1 aromatic heterocycles. The molecular formula is C10H18N4O. The Kier molecular flexibility index (Phi) is 4.30. The zero-order valence-corrected chi connectivity index (χ0v) is 9.47. The van der Waals surface area contributed by atoms with Gasteiger partial charge in [-0.05, 0) is 13.3 Å². The van der Waals surface area contributed by atoms with E-state index in [1.807, 2.05) is 18.9 Å². The number of aromatic nitrogens is 2. The van der Waals surface area contributed by atoms with Crippen LogP contribution in [0, 0.1) is 0 Å². The largest absolute Gasteiger partial charge is 0.480 e. The quantitative estimate of drug-likeness (QED) is 0.773. The standard InChI is InChI=1S/C10H18N4O/c1-8(11)4-5-14(2)9-6-12-7-10(13-9)15-3/h6-8H,4-5,11H2,1-3H3. The molecule has 1 rings (SSSR count). The summed E-state index contributed by atoms with van der Waals surface area (Å²) >= 11 is 0. The van der Waals surface area contributed by atoms with Gasteiger partial charge in [-0.15, -0.1) is 0 Å². The Morgan fingerprint density at radius 2 is 2.27 bits per heavy atom. The Labute approximate surface area is 90.3 Å². The van der Waals surface area contributed by atoms with E-state index in [-0.39, 0.29) is 6.04 Å². The molecule has 15 heavy (non-hydrogen) atoms. The van der Waals surface area contributed by atoms with E-state index in [0.717, 1.165) is 18.8 Å². The third-order valence-corrected chi connectivity index (χ3v) is 2.12. The first-order valence-corrected chi connectivity index (χ1v) is 4.96. The van der Waals surface area contributed by atoms with Crippen molar-refractivity contribution in [1.29, 1.82) is 0 Å². The molecule has 0 aliphatic rings. The van der Waals surface area contributed by atoms with E-state index >= 15 is 0 Å². The van der Waals surface area contributed by atoms with Crippen LogP contribution >= 0.6 is 0 Å². The normalized spacial score (nSPS) is 12.3. The highest BCUT2D eigenvalue weighted by atomic mass is 16.5. The molecule has 0 bridgehead atoms. The van der Waals surface area contributed by atoms with Crippen molar-refractivity contribution in [3.05, 3.63) is 12.4 Å². The van der Waals surface area contributed by atoms with Crippen LogP contribution in [0.3, 0.4) is 0 Å². The van der Waals surface area contributed by atoms with E-state index in [4.69, 9.17) is 10.5 Å². The van der Waals surface area contributed by atoms with Gasteiger partial charge in [0, 0.05) is 19.6 Å². The van der Waals surface area contributed by atoms with Crippen molar-refractivity contribution >= 4 is 5.82 Å². The van der Waals surface area contributed by atoms with Gasteiger partial charge in [0.2, 0.25) is 5.88 Å². The molecule has 0 aliphatic carbocycles. The van der Waals surface area contributed by atoms with E-state index in [0.29, 0.717) is 5.88 Å². The van der Waals surface area contributed by atoms with Gasteiger partial charge in [-0.25, -0.2) is 0 Å². The number of hydrogen-bond acceptors (Lipinski definition) is 5. The first-order valence-electron chi connectivity index (χ1n) is 4.96. The molecule has 84 valence electrons. The molecule has 0 radical (unpaired) electrons. The van der Waals surface area contributed by atoms with Crippen LogP contribution in [0.25, 0.3) is 0 Å². The van der Waals surface area contributed by atoms with Crippen LogP contribution < -0.4 is 15.4 Å². The van der Waals surface area contributed by atoms with E-state index < -0.39 is 0 Å². The molecule has 0 saturated heterocycles. The van der Waals surface area contributed by atoms with Gasteiger partial charge in [0.15, 0.2) is 5.82 Å². The fourth-order valence-corrected chi connectivity index (χ4v) is 1.13. The third-order valence-electron chi connectivity index (χ3n) is 2.12. The Morgan fingerprint density at radius 3 is 2.87 bits per heavy atom. The summed E-state index contributed by atoms with van der Waals surface area (Å²) in [7, 11) is 3.54. The number of nitrogens with two attached hydrogens (primary N) is 1. The molecule has 0 amide bonds. The van der Waals surface area contributed by atoms with Crippen molar-refractivity contribution in [1.82, 2.24) is 9.97 Å². The SMILES string of the molecule is COc1cncc(N(C)CCC(C)N)n1. The maximum Gasteiger partial charge on any atom is 0.233 e. The third kappa shape index (κ3) is 3.71. The van der Waals surface area contributed by atoms with Crippen LogP contribution in [0.1, 0.15) is 13.3 Å². The zero-order valence-electron chi connectivity index (χ0n) is 9.47. The predicted molar refractivity (Wildman–Crippen MR) is 60.1 cm³/mol. The molecule has 5 nitrogen and oxygen atoms in total. The first-order chi connectivity index (χ1) is 7.13. The number of nitrogens with zero attached hydrogens (tertiary/aromatic N) is 3. The summed E-state index contributed by atoms with van der Waals surface area (Å²) in [4.78, 5) is 10.3. The molecule has 1 atom stereocenters. The van der Waals surface area contributed by atoms with Crippen molar-refractivity contribution in [2.45, 2.75) is 19.4 Å². The average molecular weight is 210 g/mol. The van der Waals surface area contributed by atoms with E-state index in [9.17, 15) is 0 Å². The van der Waals surface area contributed by atoms with Crippen molar-refractivity contribution in [2.24, 2.45) is 5.73 Å². The lowest BCUT2D eigenvalue weighted by atomic mass is 10.2. The van der Waals surface area contributed by atoms with E-state index in [1.165, 1.54) is 0 Å². The molecule has 0 fully saturated rings. The summed E-state index contributed by atoms with van der Waals surface area (Å²) in [5.74, 6) is 1.33. The molecule has 2 N–H and O–H groups in total. The molecule has 0 spiro atoms. The van der Waals surface area contributed by atoms with Gasteiger partial charge in [0.25, 0.3) is 0 Å². The number of methoxy groups -OCH3 is 1. The molecular weight excluding hydrogens is 192 g/mol. The Morgan fingerprint density at radius 1 is 1.53 bits per heavy atom. The smallest absolute Gasteiger partial charge is 0.233 e. The van der Waals surface area contributed by atoms with Crippen molar-refractivity contribution in [2.75, 3.05) is 25.6 Å². The molecule has 5 heteroatoms. The number of hydrogen-bond donors (Lipinski definition) is 1. The number of rotatable bonds is 5. The van der Waals surface area contributed by atoms with Gasteiger partial charge in [-0.2, -0.15) is 4.98 Å². The fraction of sp³-hybridized carbons (Fsp3) is 0.600. The summed E-state index contributed by atoms with van der Waals surface area (Å²) in [5.41, 5.74) is 5.69. The van der Waals surface area contributed by atoms with Crippen LogP contribution in [0.4, 0.5) is 5.82 Å². The van der Waals surface area contributed by atoms with Gasteiger partial charge in [-0.1, -0.05) is 0 Å². The topological polar surface area (TPSA) is 64.3 Å². The molecule has 1 aromatic rings. The Balaban J connectivity index is 2.60. The minimum absolute atomic E-state index is 0.200. The summed E-state index contributed by atoms with van der Waals surface area (Å²) < 4.78 is 5.01. The highest BCUT2D eigenvalue weighted by Gasteiger charge is 2.05. The minimum atomic E-state index is 0.200. The van der Waals surface area contributed by atoms with Crippen LogP contribution in [-0.4, -0.2) is 36.7 Å². The molecule has 0 saturated carbocycles. The Hall–Kier alpha value is -1.36. The van der Waals surface area contributed by atoms with Crippen molar-refractivity contribution in [3.63, 3.8) is 0 Å². The van der Waals surface area contributed by atoms with Gasteiger partial charge >= 0.3 is 0 Å². The second kappa shape index (κ2) is 5.50. The summed E-state index contributed by atoms with van der Waals surface area (Å²) in [6.45, 7) is 2.85. The second-order valence-electron chi connectivity index (χ2n) is 3.61. The number of ether oxygens (including phenoxy) is 1. The highest BCUT2D eigenvalue weighted by molar-refractivity contribution is 5.36. The van der Waals surface area contributed by atoms with Crippen molar-refractivity contribution < 1.29 is 4.74 Å². The Bertz CT molecular complexity index is 303. The van der Waals surface area contributed by atoms with E-state index in [1.54, 1.807) is 19.5 Å². The van der Waals surface area contributed by atoms with Crippen LogP contribution in [-0.2, 0) is 0 Å². The average Bonchev–Trinajstić information content (AvgIpc) is 2.26. The maximum absolute atomic E-state index is 5.69. The maximum atomic E-state index is 5.69. The summed E-state index contributed by atoms with van der Waals surface area (Å²) in [6, 6.07) is 0.200. The van der Waals surface area contributed by atoms with Crippen LogP contribution in [0.15, 0.2) is 12.4 Å². The van der Waals surface area contributed by atoms with Crippen LogP contribution in [0.5, 0.6) is 5.88 Å². The monoisotopic (exact) mass is 210 g/mol. The lowest BCUT2D eigenvalue weighted by Crippen LogP contribution is -2.26. The summed E-state index contributed by atoms with van der Waals surface area (Å²) in [5, 5.41) is 0. The predicted octanol–water partition coefficient (Wildman–Crippen LogP) is 0.659. The van der Waals surface area contributed by atoms with E-state index in [2.05, 4.69) is 9.97 Å². The number of anilines is 1. The zero-order chi connectivity index (χ0) is 11.3. The molecule has 0 aliphatic heterocycles. The molecule has 1 heterocycles. The fourth-order valence-electron chi connectivity index (χ4n) is 1.13. The second-order valence-corrected chi connectivity index (χ2v) is 3.61. The lowest BCUT2D eigenvalue weighted by Gasteiger charge is -2.18. The van der Waals surface area contributed by atoms with Gasteiger partial charge in [0.1, 0.15) is 0 Å². The minimum Gasteiger partial charge on any atom is -0.480 e. The van der Waals surface area contributed by atoms with Gasteiger partial charge < -0.3 is 15.4 Å². The lowest BCUT2D eigenvalue weighted by molar-refractivity contribution is 0.395. The van der Waals surface area contributed by atoms with Gasteiger partial charge in [0.05, 0.1) is 19.5 Å². The van der Waals surface area contributed by atoms with Gasteiger partial charge in [-0.3, -0.25) is 4.98 Å². The summed E-state index contributed by atoms with van der Waals surface area (Å²) in [6.07, 6.45) is 4.22.